The molecule has 0 radical (unpaired) electrons. The fourth-order valence-electron chi connectivity index (χ4n) is 3.31. The zero-order valence-corrected chi connectivity index (χ0v) is 16.0. The summed E-state index contributed by atoms with van der Waals surface area (Å²) in [7, 11) is 0. The van der Waals surface area contributed by atoms with E-state index in [4.69, 9.17) is 9.47 Å². The molecule has 3 rings (SSSR count). The summed E-state index contributed by atoms with van der Waals surface area (Å²) < 4.78 is 10.6. The number of benzene rings is 2. The van der Waals surface area contributed by atoms with E-state index in [0.29, 0.717) is 13.1 Å². The van der Waals surface area contributed by atoms with Crippen LogP contribution in [-0.4, -0.2) is 58.6 Å². The average molecular weight is 385 g/mol. The second-order valence-electron chi connectivity index (χ2n) is 7.10. The first-order chi connectivity index (χ1) is 13.5. The molecular weight excluding hydrogens is 358 g/mol. The Bertz CT molecular complexity index is 698. The van der Waals surface area contributed by atoms with E-state index in [0.717, 1.165) is 11.1 Å². The second-order valence-corrected chi connectivity index (χ2v) is 7.10. The van der Waals surface area contributed by atoms with Gasteiger partial charge in [-0.25, -0.2) is 0 Å². The van der Waals surface area contributed by atoms with E-state index >= 15 is 0 Å². The number of Topliss-reactive ketones (excluding diaryl/α,β-unsaturated/α-hetero) is 1. The van der Waals surface area contributed by atoms with E-state index in [9.17, 15) is 15.0 Å². The minimum absolute atomic E-state index is 0.0356. The van der Waals surface area contributed by atoms with Gasteiger partial charge in [-0.05, 0) is 18.1 Å². The summed E-state index contributed by atoms with van der Waals surface area (Å²) in [6.45, 7) is 2.90. The quantitative estimate of drug-likeness (QED) is 0.721. The lowest BCUT2D eigenvalue weighted by Crippen LogP contribution is -2.53. The van der Waals surface area contributed by atoms with Crippen LogP contribution in [0, 0.1) is 0 Å². The van der Waals surface area contributed by atoms with Gasteiger partial charge in [0.1, 0.15) is 18.3 Å². The van der Waals surface area contributed by atoms with Gasteiger partial charge in [0.25, 0.3) is 0 Å². The first-order valence-electron chi connectivity index (χ1n) is 9.49. The summed E-state index contributed by atoms with van der Waals surface area (Å²) in [5.74, 6) is -0.384. The van der Waals surface area contributed by atoms with Crippen LogP contribution in [0.3, 0.4) is 0 Å². The summed E-state index contributed by atoms with van der Waals surface area (Å²) in [4.78, 5) is 14.7. The van der Waals surface area contributed by atoms with E-state index in [2.05, 4.69) is 0 Å². The molecular formula is C22H27NO5. The number of hydrogen-bond acceptors (Lipinski definition) is 6. The van der Waals surface area contributed by atoms with Gasteiger partial charge in [-0.1, -0.05) is 60.7 Å². The van der Waals surface area contributed by atoms with E-state index in [1.807, 2.05) is 65.6 Å². The molecule has 0 spiro atoms. The summed E-state index contributed by atoms with van der Waals surface area (Å²) in [6.07, 6.45) is -3.99. The summed E-state index contributed by atoms with van der Waals surface area (Å²) in [6, 6.07) is 19.8. The van der Waals surface area contributed by atoms with Gasteiger partial charge in [0.2, 0.25) is 0 Å². The number of rotatable bonds is 8. The Balaban J connectivity index is 1.69. The topological polar surface area (TPSA) is 79.2 Å². The van der Waals surface area contributed by atoms with Gasteiger partial charge in [0.15, 0.2) is 12.1 Å². The third-order valence-electron chi connectivity index (χ3n) is 4.75. The molecule has 28 heavy (non-hydrogen) atoms. The number of ether oxygens (including phenoxy) is 2. The van der Waals surface area contributed by atoms with Crippen molar-refractivity contribution in [1.82, 2.24) is 4.90 Å². The highest BCUT2D eigenvalue weighted by atomic mass is 16.7. The summed E-state index contributed by atoms with van der Waals surface area (Å²) in [5.41, 5.74) is 2.16. The van der Waals surface area contributed by atoms with Gasteiger partial charge < -0.3 is 19.7 Å². The van der Waals surface area contributed by atoms with Crippen LogP contribution in [0.1, 0.15) is 18.1 Å². The molecule has 0 amide bonds. The van der Waals surface area contributed by atoms with E-state index in [-0.39, 0.29) is 18.9 Å². The molecule has 1 saturated heterocycles. The molecule has 1 fully saturated rings. The van der Waals surface area contributed by atoms with Crippen molar-refractivity contribution in [1.29, 1.82) is 0 Å². The van der Waals surface area contributed by atoms with Gasteiger partial charge >= 0.3 is 0 Å². The van der Waals surface area contributed by atoms with Crippen LogP contribution in [0.4, 0.5) is 0 Å². The average Bonchev–Trinajstić information content (AvgIpc) is 2.70. The molecule has 1 aliphatic rings. The lowest BCUT2D eigenvalue weighted by atomic mass is 10.0. The molecule has 6 nitrogen and oxygen atoms in total. The van der Waals surface area contributed by atoms with Crippen LogP contribution in [0.25, 0.3) is 0 Å². The normalized spacial score (nSPS) is 23.5. The Morgan fingerprint density at radius 2 is 1.61 bits per heavy atom. The summed E-state index contributed by atoms with van der Waals surface area (Å²) in [5, 5.41) is 20.5. The predicted molar refractivity (Wildman–Crippen MR) is 104 cm³/mol. The van der Waals surface area contributed by atoms with E-state index in [1.165, 1.54) is 0 Å². The molecule has 4 atom stereocenters. The minimum atomic E-state index is -1.41. The molecule has 0 unspecified atom stereocenters. The number of carbonyl (C=O) groups excluding carboxylic acids is 1. The smallest absolute Gasteiger partial charge is 0.177 e. The van der Waals surface area contributed by atoms with Crippen LogP contribution >= 0.6 is 0 Å². The van der Waals surface area contributed by atoms with Crippen molar-refractivity contribution in [2.75, 3.05) is 13.2 Å². The molecule has 1 heterocycles. The molecule has 0 aliphatic carbocycles. The minimum Gasteiger partial charge on any atom is -0.388 e. The lowest BCUT2D eigenvalue weighted by Gasteiger charge is -2.35. The Labute approximate surface area is 165 Å². The van der Waals surface area contributed by atoms with Crippen LogP contribution in [0.2, 0.25) is 0 Å². The Morgan fingerprint density at radius 3 is 2.14 bits per heavy atom. The molecule has 150 valence electrons. The Hall–Kier alpha value is -2.09. The van der Waals surface area contributed by atoms with Crippen molar-refractivity contribution in [3.8, 4) is 0 Å². The van der Waals surface area contributed by atoms with Crippen LogP contribution in [-0.2, 0) is 27.4 Å². The largest absolute Gasteiger partial charge is 0.388 e. The van der Waals surface area contributed by atoms with Crippen molar-refractivity contribution in [2.24, 2.45) is 0 Å². The van der Waals surface area contributed by atoms with Crippen LogP contribution < -0.4 is 0 Å². The summed E-state index contributed by atoms with van der Waals surface area (Å²) >= 11 is 0. The highest BCUT2D eigenvalue weighted by Gasteiger charge is 2.38. The number of ketones is 1. The van der Waals surface area contributed by atoms with Gasteiger partial charge in [0, 0.05) is 13.1 Å². The zero-order valence-electron chi connectivity index (χ0n) is 16.0. The zero-order chi connectivity index (χ0) is 19.9. The molecule has 0 aromatic heterocycles. The van der Waals surface area contributed by atoms with Crippen molar-refractivity contribution in [3.63, 3.8) is 0 Å². The standard InChI is InChI=1S/C22H27NO5/c1-16-27-15-20(25)22(28-16)21(26)19(24)14-23(12-17-8-4-2-5-9-17)13-18-10-6-3-7-11-18/h2-11,16,20-22,25-26H,12-15H2,1H3/t16-,20-,21+,22+/m0/s1. The Morgan fingerprint density at radius 1 is 1.07 bits per heavy atom. The second kappa shape index (κ2) is 9.91. The van der Waals surface area contributed by atoms with Gasteiger partial charge in [-0.15, -0.1) is 0 Å². The lowest BCUT2D eigenvalue weighted by molar-refractivity contribution is -0.261. The molecule has 0 bridgehead atoms. The van der Waals surface area contributed by atoms with Crippen LogP contribution in [0.15, 0.2) is 60.7 Å². The maximum atomic E-state index is 12.8. The van der Waals surface area contributed by atoms with Crippen molar-refractivity contribution in [3.05, 3.63) is 71.8 Å². The fourth-order valence-corrected chi connectivity index (χ4v) is 3.31. The predicted octanol–water partition coefficient (Wildman–Crippen LogP) is 1.74. The number of hydrogen-bond donors (Lipinski definition) is 2. The fraction of sp³-hybridized carbons (Fsp3) is 0.409. The first-order valence-corrected chi connectivity index (χ1v) is 9.49. The molecule has 0 saturated carbocycles. The number of aliphatic hydroxyl groups excluding tert-OH is 2. The van der Waals surface area contributed by atoms with Gasteiger partial charge in [-0.2, -0.15) is 0 Å². The Kier molecular flexibility index (Phi) is 7.30. The van der Waals surface area contributed by atoms with E-state index < -0.39 is 24.6 Å². The van der Waals surface area contributed by atoms with Gasteiger partial charge in [0.05, 0.1) is 13.2 Å². The number of carbonyl (C=O) groups is 1. The highest BCUT2D eigenvalue weighted by molar-refractivity contribution is 5.85. The van der Waals surface area contributed by atoms with Crippen molar-refractivity contribution < 1.29 is 24.5 Å². The maximum Gasteiger partial charge on any atom is 0.177 e. The maximum absolute atomic E-state index is 12.8. The van der Waals surface area contributed by atoms with Crippen molar-refractivity contribution >= 4 is 5.78 Å². The number of nitrogens with zero attached hydrogens (tertiary/aromatic N) is 1. The SMILES string of the molecule is C[C@H]1OC[C@H](O)[C@H]([C@H](O)C(=O)CN(Cc2ccccc2)Cc2ccccc2)O1. The molecule has 1 aliphatic heterocycles. The van der Waals surface area contributed by atoms with Gasteiger partial charge in [-0.3, -0.25) is 9.69 Å². The molecule has 2 aromatic rings. The molecule has 2 N–H and O–H groups in total. The first kappa shape index (κ1) is 20.6. The number of aliphatic hydroxyl groups is 2. The third kappa shape index (κ3) is 5.70. The molecule has 6 heteroatoms. The van der Waals surface area contributed by atoms with Crippen LogP contribution in [0.5, 0.6) is 0 Å². The van der Waals surface area contributed by atoms with Crippen molar-refractivity contribution in [2.45, 2.75) is 44.6 Å². The third-order valence-corrected chi connectivity index (χ3v) is 4.75. The molecule has 2 aromatic carbocycles. The monoisotopic (exact) mass is 385 g/mol. The highest BCUT2D eigenvalue weighted by Crippen LogP contribution is 2.18. The van der Waals surface area contributed by atoms with E-state index in [1.54, 1.807) is 6.92 Å².